The summed E-state index contributed by atoms with van der Waals surface area (Å²) in [4.78, 5) is 12.6. The summed E-state index contributed by atoms with van der Waals surface area (Å²) in [6.07, 6.45) is 0.618. The molecule has 0 spiro atoms. The van der Waals surface area contributed by atoms with Crippen LogP contribution in [0.15, 0.2) is 60.7 Å². The Morgan fingerprint density at radius 1 is 0.913 bits per heavy atom. The van der Waals surface area contributed by atoms with Crippen molar-refractivity contribution < 1.29 is 13.2 Å². The Morgan fingerprint density at radius 2 is 1.43 bits per heavy atom. The highest BCUT2D eigenvalue weighted by molar-refractivity contribution is 7.92. The lowest BCUT2D eigenvalue weighted by Gasteiger charge is -2.35. The summed E-state index contributed by atoms with van der Waals surface area (Å²) in [5.41, 5.74) is 1.42. The number of benzene rings is 2. The van der Waals surface area contributed by atoms with E-state index in [0.29, 0.717) is 17.5 Å². The lowest BCUT2D eigenvalue weighted by atomic mass is 9.88. The minimum atomic E-state index is -3.49. The number of hydrogen-bond acceptors (Lipinski definition) is 3. The van der Waals surface area contributed by atoms with Gasteiger partial charge in [-0.1, -0.05) is 67.6 Å². The third-order valence-corrected chi connectivity index (χ3v) is 7.20. The second-order valence-electron chi connectivity index (χ2n) is 6.00. The van der Waals surface area contributed by atoms with E-state index in [-0.39, 0.29) is 12.2 Å². The number of sulfone groups is 1. The van der Waals surface area contributed by atoms with Gasteiger partial charge in [0.05, 0.1) is 10.5 Å². The van der Waals surface area contributed by atoms with Gasteiger partial charge in [0.2, 0.25) is 0 Å². The Labute approximate surface area is 137 Å². The molecule has 23 heavy (non-hydrogen) atoms. The van der Waals surface area contributed by atoms with Crippen LogP contribution in [-0.4, -0.2) is 14.2 Å². The zero-order valence-corrected chi connectivity index (χ0v) is 13.9. The lowest BCUT2D eigenvalue weighted by molar-refractivity contribution is -0.123. The zero-order chi connectivity index (χ0) is 16.4. The Kier molecular flexibility index (Phi) is 4.35. The molecule has 4 heteroatoms. The van der Waals surface area contributed by atoms with Crippen molar-refractivity contribution in [3.8, 4) is 0 Å². The van der Waals surface area contributed by atoms with Crippen LogP contribution in [0.1, 0.15) is 41.4 Å². The molecule has 120 valence electrons. The molecule has 0 radical (unpaired) electrons. The predicted octanol–water partition coefficient (Wildman–Crippen LogP) is 3.88. The van der Waals surface area contributed by atoms with E-state index >= 15 is 0 Å². The maximum atomic E-state index is 13.3. The first-order valence-corrected chi connectivity index (χ1v) is 9.52. The first-order valence-electron chi connectivity index (χ1n) is 7.91. The van der Waals surface area contributed by atoms with Gasteiger partial charge < -0.3 is 0 Å². The largest absolute Gasteiger partial charge is 0.299 e. The van der Waals surface area contributed by atoms with Crippen LogP contribution >= 0.6 is 0 Å². The molecule has 1 saturated heterocycles. The number of hydrogen-bond donors (Lipinski definition) is 0. The van der Waals surface area contributed by atoms with E-state index in [4.69, 9.17) is 0 Å². The quantitative estimate of drug-likeness (QED) is 0.859. The molecule has 0 unspecified atom stereocenters. The minimum Gasteiger partial charge on any atom is -0.299 e. The Hall–Kier alpha value is -1.94. The van der Waals surface area contributed by atoms with E-state index in [9.17, 15) is 13.2 Å². The monoisotopic (exact) mass is 328 g/mol. The van der Waals surface area contributed by atoms with Crippen LogP contribution in [0.3, 0.4) is 0 Å². The zero-order valence-electron chi connectivity index (χ0n) is 13.1. The standard InChI is InChI=1S/C19H20O3S/c1-2-16-17(20)13-18(14-9-5-3-6-10-14)23(21,22)19(16)15-11-7-4-8-12-15/h3-12,16,18-19H,2,13H2,1H3/t16-,18-,19+/m1/s1. The number of ketones is 1. The Bertz CT molecular complexity index is 782. The summed E-state index contributed by atoms with van der Waals surface area (Å²) >= 11 is 0. The molecule has 1 heterocycles. The van der Waals surface area contributed by atoms with Gasteiger partial charge in [-0.3, -0.25) is 4.79 Å². The fourth-order valence-corrected chi connectivity index (χ4v) is 6.13. The van der Waals surface area contributed by atoms with Crippen molar-refractivity contribution in [1.82, 2.24) is 0 Å². The summed E-state index contributed by atoms with van der Waals surface area (Å²) in [7, 11) is -3.49. The highest BCUT2D eigenvalue weighted by Crippen LogP contribution is 2.47. The molecule has 0 N–H and O–H groups in total. The van der Waals surface area contributed by atoms with Gasteiger partial charge in [-0.25, -0.2) is 8.42 Å². The number of carbonyl (C=O) groups excluding carboxylic acids is 1. The van der Waals surface area contributed by atoms with Crippen LogP contribution < -0.4 is 0 Å². The van der Waals surface area contributed by atoms with Gasteiger partial charge in [-0.2, -0.15) is 0 Å². The van der Waals surface area contributed by atoms with Gasteiger partial charge in [0.1, 0.15) is 5.78 Å². The maximum Gasteiger partial charge on any atom is 0.165 e. The average Bonchev–Trinajstić information content (AvgIpc) is 2.57. The average molecular weight is 328 g/mol. The fourth-order valence-electron chi connectivity index (χ4n) is 3.51. The van der Waals surface area contributed by atoms with Crippen LogP contribution in [0, 0.1) is 5.92 Å². The summed E-state index contributed by atoms with van der Waals surface area (Å²) in [5, 5.41) is -1.50. The normalized spacial score (nSPS) is 26.8. The van der Waals surface area contributed by atoms with Crippen molar-refractivity contribution in [3.63, 3.8) is 0 Å². The lowest BCUT2D eigenvalue weighted by Crippen LogP contribution is -2.38. The first-order chi connectivity index (χ1) is 11.1. The Balaban J connectivity index is 2.13. The molecule has 0 amide bonds. The van der Waals surface area contributed by atoms with Gasteiger partial charge in [0, 0.05) is 12.3 Å². The minimum absolute atomic E-state index is 0.0463. The molecule has 1 fully saturated rings. The molecular formula is C19H20O3S. The third kappa shape index (κ3) is 2.83. The molecule has 3 rings (SSSR count). The van der Waals surface area contributed by atoms with Crippen molar-refractivity contribution in [2.24, 2.45) is 5.92 Å². The molecule has 2 aromatic rings. The molecular weight excluding hydrogens is 308 g/mol. The van der Waals surface area contributed by atoms with E-state index < -0.39 is 26.3 Å². The SMILES string of the molecule is CC[C@@H]1C(=O)C[C@H](c2ccccc2)S(=O)(=O)[C@H]1c1ccccc1. The van der Waals surface area contributed by atoms with E-state index in [0.717, 1.165) is 0 Å². The van der Waals surface area contributed by atoms with E-state index in [1.54, 1.807) is 12.1 Å². The predicted molar refractivity (Wildman–Crippen MR) is 90.7 cm³/mol. The molecule has 1 aliphatic heterocycles. The molecule has 2 aromatic carbocycles. The van der Waals surface area contributed by atoms with Crippen molar-refractivity contribution in [2.75, 3.05) is 0 Å². The Morgan fingerprint density at radius 3 is 1.96 bits per heavy atom. The summed E-state index contributed by atoms with van der Waals surface area (Å²) in [6, 6.07) is 18.2. The number of carbonyl (C=O) groups is 1. The molecule has 0 aromatic heterocycles. The van der Waals surface area contributed by atoms with Crippen LogP contribution in [0.25, 0.3) is 0 Å². The summed E-state index contributed by atoms with van der Waals surface area (Å²) in [6.45, 7) is 1.89. The van der Waals surface area contributed by atoms with Crippen LogP contribution in [0.2, 0.25) is 0 Å². The van der Waals surface area contributed by atoms with Crippen LogP contribution in [0.4, 0.5) is 0 Å². The van der Waals surface area contributed by atoms with Crippen LogP contribution in [-0.2, 0) is 14.6 Å². The number of Topliss-reactive ketones (excluding diaryl/α,β-unsaturated/α-hetero) is 1. The van der Waals surface area contributed by atoms with Gasteiger partial charge >= 0.3 is 0 Å². The third-order valence-electron chi connectivity index (χ3n) is 4.66. The molecule has 3 nitrogen and oxygen atoms in total. The molecule has 1 aliphatic rings. The number of rotatable bonds is 3. The molecule has 0 saturated carbocycles. The van der Waals surface area contributed by atoms with Gasteiger partial charge in [-0.15, -0.1) is 0 Å². The van der Waals surface area contributed by atoms with Crippen molar-refractivity contribution >= 4 is 15.6 Å². The van der Waals surface area contributed by atoms with Gasteiger partial charge in [0.15, 0.2) is 9.84 Å². The van der Waals surface area contributed by atoms with Crippen molar-refractivity contribution in [1.29, 1.82) is 0 Å². The maximum absolute atomic E-state index is 13.3. The van der Waals surface area contributed by atoms with Crippen molar-refractivity contribution in [2.45, 2.75) is 30.3 Å². The van der Waals surface area contributed by atoms with Crippen LogP contribution in [0.5, 0.6) is 0 Å². The molecule has 3 atom stereocenters. The topological polar surface area (TPSA) is 51.2 Å². The van der Waals surface area contributed by atoms with Gasteiger partial charge in [0.25, 0.3) is 0 Å². The summed E-state index contributed by atoms with van der Waals surface area (Å²) < 4.78 is 26.6. The molecule has 0 bridgehead atoms. The van der Waals surface area contributed by atoms with E-state index in [1.165, 1.54) is 0 Å². The second-order valence-corrected chi connectivity index (χ2v) is 8.26. The molecule has 0 aliphatic carbocycles. The highest BCUT2D eigenvalue weighted by Gasteiger charge is 2.48. The fraction of sp³-hybridized carbons (Fsp3) is 0.316. The summed E-state index contributed by atoms with van der Waals surface area (Å²) in [5.74, 6) is -0.410. The van der Waals surface area contributed by atoms with E-state index in [2.05, 4.69) is 0 Å². The first kappa shape index (κ1) is 15.9. The van der Waals surface area contributed by atoms with Crippen molar-refractivity contribution in [3.05, 3.63) is 71.8 Å². The second kappa shape index (κ2) is 6.28. The van der Waals surface area contributed by atoms with Gasteiger partial charge in [-0.05, 0) is 17.5 Å². The highest BCUT2D eigenvalue weighted by atomic mass is 32.2. The van der Waals surface area contributed by atoms with E-state index in [1.807, 2.05) is 55.5 Å². The smallest absolute Gasteiger partial charge is 0.165 e.